The normalized spacial score (nSPS) is 25.3. The lowest BCUT2D eigenvalue weighted by atomic mass is 9.90. The Labute approximate surface area is 637 Å². The van der Waals surface area contributed by atoms with Crippen molar-refractivity contribution in [1.29, 1.82) is 0 Å². The summed E-state index contributed by atoms with van der Waals surface area (Å²) in [4.78, 5) is 194. The van der Waals surface area contributed by atoms with E-state index in [1.165, 1.54) is 104 Å². The zero-order chi connectivity index (χ0) is 80.1. The van der Waals surface area contributed by atoms with Crippen LogP contribution in [0, 0.1) is 30.5 Å². The number of halogens is 5. The van der Waals surface area contributed by atoms with Crippen molar-refractivity contribution in [3.63, 3.8) is 0 Å². The Kier molecular flexibility index (Phi) is 30.1. The minimum Gasteiger partial charge on any atom is -0.343 e. The molecule has 0 bridgehead atoms. The number of aryl methyl sites for hydroxylation is 2. The number of benzene rings is 3. The van der Waals surface area contributed by atoms with Crippen LogP contribution in [-0.2, 0) is 83.0 Å². The van der Waals surface area contributed by atoms with Crippen LogP contribution in [0.1, 0.15) is 160 Å². The maximum Gasteiger partial charge on any atom is 0.417 e. The predicted molar refractivity (Wildman–Crippen MR) is 399 cm³/mol. The van der Waals surface area contributed by atoms with Crippen LogP contribution in [0.5, 0.6) is 0 Å². The molecule has 4 fully saturated rings. The molecule has 1 saturated carbocycles. The number of hydrogen-bond donors (Lipinski definition) is 3. The summed E-state index contributed by atoms with van der Waals surface area (Å²) in [7, 11) is 9.63. The van der Waals surface area contributed by atoms with Gasteiger partial charge in [-0.25, -0.2) is 4.39 Å². The molecule has 3 aliphatic heterocycles. The average Bonchev–Trinajstić information content (AvgIpc) is 1.36. The zero-order valence-electron chi connectivity index (χ0n) is 65.2. The molecule has 7 rings (SSSR count). The van der Waals surface area contributed by atoms with Crippen LogP contribution >= 0.6 is 11.6 Å². The number of likely N-dealkylation sites (N-methyl/N-ethyl adjacent to an activating group) is 7. The molecule has 3 aromatic carbocycles. The third-order valence-corrected chi connectivity index (χ3v) is 22.9. The highest BCUT2D eigenvalue weighted by molar-refractivity contribution is 6.31. The summed E-state index contributed by atoms with van der Waals surface area (Å²) in [6, 6.07) is 3.20. The van der Waals surface area contributed by atoms with Gasteiger partial charge in [0.15, 0.2) is 0 Å². The molecule has 29 heteroatoms. The molecule has 0 aromatic heterocycles. The Balaban J connectivity index is 1.36. The van der Waals surface area contributed by atoms with Gasteiger partial charge in [-0.3, -0.25) is 57.5 Å². The highest BCUT2D eigenvalue weighted by Crippen LogP contribution is 2.37. The monoisotopic (exact) mass is 1530 g/mol. The van der Waals surface area contributed by atoms with E-state index >= 15 is 38.4 Å². The quantitative estimate of drug-likeness (QED) is 0.135. The number of rotatable bonds is 14. The summed E-state index contributed by atoms with van der Waals surface area (Å²) in [5, 5.41) is 8.01. The topological polar surface area (TPSA) is 270 Å². The molecule has 24 nitrogen and oxygen atoms in total. The van der Waals surface area contributed by atoms with Crippen molar-refractivity contribution < 1.29 is 75.1 Å². The minimum atomic E-state index is -4.81. The summed E-state index contributed by atoms with van der Waals surface area (Å²) in [5.41, 5.74) is -0.767. The van der Waals surface area contributed by atoms with Gasteiger partial charge in [0.05, 0.1) is 23.6 Å². The number of amides is 12. The van der Waals surface area contributed by atoms with Gasteiger partial charge in [0.2, 0.25) is 70.9 Å². The van der Waals surface area contributed by atoms with E-state index in [9.17, 15) is 36.7 Å². The van der Waals surface area contributed by atoms with Crippen LogP contribution in [-0.4, -0.2) is 250 Å². The predicted octanol–water partition coefficient (Wildman–Crippen LogP) is 7.22. The Morgan fingerprint density at radius 2 is 1.19 bits per heavy atom. The molecule has 11 atom stereocenters. The van der Waals surface area contributed by atoms with Crippen molar-refractivity contribution in [3.8, 4) is 0 Å². The first kappa shape index (κ1) is 86.5. The van der Waals surface area contributed by atoms with E-state index in [1.807, 2.05) is 46.8 Å². The molecule has 108 heavy (non-hydrogen) atoms. The standard InChI is InChI=1S/C79H111ClF4N12O12/c1-16-49(6)66-75(106)89(10)51(8)70(101)96-40-35-59(96)73(104)92(13)62(44-53-25-23-48(5)24-26-53)72(103)88(9)46-64(97)85-58(34-30-52-29-33-56(57(80)42-52)79(82,83)84)71(102)91(12)61(43-54-27-31-55(81)32-28-54)69(100)87-78(36-19-20-37-78)77(108)94(15)67(50(7)17-2)76(107)93(14)63(74(105)95-38-21-18-22-39-95)45-65(98)90(11)60(41-47(3)4)68(99)86-66/h23-29,31-33,42,47,49-51,58-63,66-67H,16-22,30,34-41,43-46H2,1-15H3,(H,85,97)(H,86,99)(H,87,100)/t49-,50-,51-,58-,59-,60-,61-,62-,63-,66-,67-/m0/s1. The fourth-order valence-electron chi connectivity index (χ4n) is 14.9. The molecular formula is C79H111ClF4N12O12. The molecule has 4 aliphatic rings. The first-order valence-corrected chi connectivity index (χ1v) is 38.2. The maximum atomic E-state index is 15.8. The zero-order valence-corrected chi connectivity index (χ0v) is 66.0. The van der Waals surface area contributed by atoms with Crippen molar-refractivity contribution in [3.05, 3.63) is 105 Å². The molecule has 3 saturated heterocycles. The molecule has 3 aromatic rings. The van der Waals surface area contributed by atoms with Crippen molar-refractivity contribution in [2.45, 2.75) is 224 Å². The summed E-state index contributed by atoms with van der Waals surface area (Å²) in [6.45, 7) is 14.2. The van der Waals surface area contributed by atoms with Crippen molar-refractivity contribution in [2.24, 2.45) is 17.8 Å². The van der Waals surface area contributed by atoms with E-state index in [4.69, 9.17) is 11.6 Å². The van der Waals surface area contributed by atoms with E-state index in [1.54, 1.807) is 30.9 Å². The van der Waals surface area contributed by atoms with Crippen LogP contribution < -0.4 is 16.0 Å². The van der Waals surface area contributed by atoms with Crippen molar-refractivity contribution in [1.82, 2.24) is 60.0 Å². The first-order chi connectivity index (χ1) is 50.8. The van der Waals surface area contributed by atoms with Gasteiger partial charge in [-0.05, 0) is 130 Å². The smallest absolute Gasteiger partial charge is 0.343 e. The van der Waals surface area contributed by atoms with Crippen molar-refractivity contribution >= 4 is 82.5 Å². The second-order valence-electron chi connectivity index (χ2n) is 30.7. The summed E-state index contributed by atoms with van der Waals surface area (Å²) in [5.74, 6) is -10.7. The van der Waals surface area contributed by atoms with Crippen LogP contribution in [0.3, 0.4) is 0 Å². The van der Waals surface area contributed by atoms with Crippen LogP contribution in [0.15, 0.2) is 66.7 Å². The number of piperidine rings is 1. The molecule has 0 unspecified atom stereocenters. The molecule has 3 heterocycles. The number of likely N-dealkylation sites (tertiary alicyclic amines) is 1. The third kappa shape index (κ3) is 20.8. The summed E-state index contributed by atoms with van der Waals surface area (Å²) >= 11 is 6.19. The second kappa shape index (κ2) is 37.6. The van der Waals surface area contributed by atoms with Crippen LogP contribution in [0.2, 0.25) is 5.02 Å². The van der Waals surface area contributed by atoms with E-state index in [-0.39, 0.29) is 69.4 Å². The first-order valence-electron chi connectivity index (χ1n) is 37.8. The molecule has 1 spiro atoms. The number of carbonyl (C=O) groups excluding carboxylic acids is 12. The van der Waals surface area contributed by atoms with Crippen LogP contribution in [0.4, 0.5) is 17.6 Å². The van der Waals surface area contributed by atoms with E-state index < -0.39 is 178 Å². The highest BCUT2D eigenvalue weighted by Gasteiger charge is 2.51. The molecule has 3 N–H and O–H groups in total. The fourth-order valence-corrected chi connectivity index (χ4v) is 15.3. The molecule has 1 aliphatic carbocycles. The Bertz CT molecular complexity index is 3740. The SMILES string of the molecule is CC[C@H](C)[C@@H]1NC(=O)[C@H](CC(C)C)N(C)C(=O)C[C@@H](C(=O)N2CCCCC2)N(C)C(=O)[C@H]([C@@H](C)CC)N(C)C(=O)C2(CCCC2)NC(=O)[C@H](Cc2ccc(F)cc2)N(C)C(=O)[C@H](CCc2ccc(C(F)(F)F)c(Cl)c2)NC(=O)CN(C)C(=O)[C@H](Cc2ccc(C)cc2)N(C)C(=O)[C@@H]2CCN2C(=O)[C@H](C)N(C)C1=O. The fraction of sp³-hybridized carbons (Fsp3) is 0.620. The van der Waals surface area contributed by atoms with Gasteiger partial charge in [0.25, 0.3) is 0 Å². The number of alkyl halides is 3. The molecule has 12 amide bonds. The maximum absolute atomic E-state index is 15.8. The number of hydrogen-bond acceptors (Lipinski definition) is 12. The van der Waals surface area contributed by atoms with Gasteiger partial charge in [0, 0.05) is 81.8 Å². The van der Waals surface area contributed by atoms with Gasteiger partial charge in [-0.2, -0.15) is 13.2 Å². The Hall–Kier alpha value is -8.69. The molecular weight excluding hydrogens is 1420 g/mol. The lowest BCUT2D eigenvalue weighted by molar-refractivity contribution is -0.160. The Morgan fingerprint density at radius 1 is 0.611 bits per heavy atom. The van der Waals surface area contributed by atoms with Gasteiger partial charge in [0.1, 0.15) is 65.7 Å². The molecule has 0 radical (unpaired) electrons. The van der Waals surface area contributed by atoms with Gasteiger partial charge in [-0.15, -0.1) is 0 Å². The van der Waals surface area contributed by atoms with Gasteiger partial charge in [-0.1, -0.05) is 127 Å². The largest absolute Gasteiger partial charge is 0.417 e. The number of nitrogens with one attached hydrogen (secondary N) is 3. The van der Waals surface area contributed by atoms with Gasteiger partial charge >= 0.3 is 6.18 Å². The minimum absolute atomic E-state index is 0.0549. The summed E-state index contributed by atoms with van der Waals surface area (Å²) < 4.78 is 56.7. The van der Waals surface area contributed by atoms with E-state index in [2.05, 4.69) is 16.0 Å². The Morgan fingerprint density at radius 3 is 1.74 bits per heavy atom. The van der Waals surface area contributed by atoms with E-state index in [0.29, 0.717) is 62.7 Å². The lowest BCUT2D eigenvalue weighted by Gasteiger charge is -2.45. The van der Waals surface area contributed by atoms with Crippen LogP contribution in [0.25, 0.3) is 0 Å². The van der Waals surface area contributed by atoms with Crippen molar-refractivity contribution in [2.75, 3.05) is 75.5 Å². The molecule has 594 valence electrons. The summed E-state index contributed by atoms with van der Waals surface area (Å²) in [6.07, 6.45) is -2.29. The van der Waals surface area contributed by atoms with Gasteiger partial charge < -0.3 is 60.0 Å². The number of nitrogens with zero attached hydrogens (tertiary/aromatic N) is 9. The third-order valence-electron chi connectivity index (χ3n) is 22.6. The highest BCUT2D eigenvalue weighted by atomic mass is 35.5. The van der Waals surface area contributed by atoms with E-state index in [0.717, 1.165) is 46.0 Å². The second-order valence-corrected chi connectivity index (χ2v) is 31.1. The number of fused-ring (bicyclic) bond motifs is 1. The number of carbonyl (C=O) groups is 12. The average molecular weight is 1530 g/mol. The lowest BCUT2D eigenvalue weighted by Crippen LogP contribution is -2.65.